The fraction of sp³-hybridized carbons (Fsp3) is 0.323. The van der Waals surface area contributed by atoms with Crippen LogP contribution in [-0.2, 0) is 16.1 Å². The Balaban J connectivity index is 1.19. The molecule has 5 rings (SSSR count). The van der Waals surface area contributed by atoms with Crippen molar-refractivity contribution in [1.82, 2.24) is 10.2 Å². The minimum absolute atomic E-state index is 0.0670. The molecule has 0 saturated carbocycles. The Morgan fingerprint density at radius 1 is 1.00 bits per heavy atom. The lowest BCUT2D eigenvalue weighted by Gasteiger charge is -2.42. The molecule has 43 heavy (non-hydrogen) atoms. The summed E-state index contributed by atoms with van der Waals surface area (Å²) in [5.74, 6) is -1.56. The van der Waals surface area contributed by atoms with Crippen molar-refractivity contribution in [3.05, 3.63) is 83.4 Å². The summed E-state index contributed by atoms with van der Waals surface area (Å²) < 4.78 is 44.2. The zero-order valence-corrected chi connectivity index (χ0v) is 23.7. The fourth-order valence-corrected chi connectivity index (χ4v) is 5.29. The first-order valence-electron chi connectivity index (χ1n) is 13.8. The Morgan fingerprint density at radius 2 is 1.74 bits per heavy atom. The average Bonchev–Trinajstić information content (AvgIpc) is 3.00. The number of nitrogens with one attached hydrogen (secondary N) is 3. The number of carbonyl (C=O) groups excluding carboxylic acids is 3. The van der Waals surface area contributed by atoms with E-state index in [4.69, 9.17) is 14.2 Å². The van der Waals surface area contributed by atoms with Gasteiger partial charge in [0.15, 0.2) is 11.6 Å². The number of amides is 4. The number of fused-ring (bicyclic) bond motifs is 2. The van der Waals surface area contributed by atoms with Crippen LogP contribution < -0.4 is 25.4 Å². The summed E-state index contributed by atoms with van der Waals surface area (Å²) in [5, 5.41) is 7.93. The Kier molecular flexibility index (Phi) is 9.05. The second-order valence-corrected chi connectivity index (χ2v) is 10.4. The second-order valence-electron chi connectivity index (χ2n) is 10.4. The predicted octanol–water partition coefficient (Wildman–Crippen LogP) is 4.70. The maximum Gasteiger partial charge on any atom is 0.323 e. The summed E-state index contributed by atoms with van der Waals surface area (Å²) in [7, 11) is 3.27. The van der Waals surface area contributed by atoms with Crippen molar-refractivity contribution in [3.8, 4) is 11.5 Å². The van der Waals surface area contributed by atoms with Crippen molar-refractivity contribution in [3.63, 3.8) is 0 Å². The summed E-state index contributed by atoms with van der Waals surface area (Å²) in [6.07, 6.45) is 0.602. The number of hydrogen-bond acceptors (Lipinski definition) is 6. The van der Waals surface area contributed by atoms with Gasteiger partial charge in [-0.05, 0) is 49.2 Å². The number of nitrogens with zero attached hydrogens (tertiary/aromatic N) is 1. The van der Waals surface area contributed by atoms with Gasteiger partial charge in [0, 0.05) is 36.6 Å². The van der Waals surface area contributed by atoms with Crippen LogP contribution in [0.25, 0.3) is 0 Å². The molecule has 2 aliphatic heterocycles. The van der Waals surface area contributed by atoms with Gasteiger partial charge in [-0.3, -0.25) is 9.59 Å². The molecule has 0 radical (unpaired) electrons. The topological polar surface area (TPSA) is 118 Å². The molecule has 12 heteroatoms. The Bertz CT molecular complexity index is 1520. The number of methoxy groups -OCH3 is 1. The summed E-state index contributed by atoms with van der Waals surface area (Å²) in [6.45, 7) is 0.500. The predicted molar refractivity (Wildman–Crippen MR) is 154 cm³/mol. The monoisotopic (exact) mass is 594 g/mol. The highest BCUT2D eigenvalue weighted by Gasteiger charge is 2.39. The molecule has 0 aliphatic carbocycles. The lowest BCUT2D eigenvalue weighted by Crippen LogP contribution is -2.53. The Labute approximate surface area is 247 Å². The van der Waals surface area contributed by atoms with E-state index >= 15 is 0 Å². The summed E-state index contributed by atoms with van der Waals surface area (Å²) in [4.78, 5) is 40.2. The molecule has 3 aromatic carbocycles. The molecule has 1 saturated heterocycles. The zero-order chi connectivity index (χ0) is 30.5. The van der Waals surface area contributed by atoms with Crippen LogP contribution in [0, 0.1) is 11.6 Å². The molecule has 226 valence electrons. The molecule has 3 aromatic rings. The first-order valence-corrected chi connectivity index (χ1v) is 13.8. The van der Waals surface area contributed by atoms with Crippen LogP contribution in [0.15, 0.2) is 60.7 Å². The average molecular weight is 595 g/mol. The van der Waals surface area contributed by atoms with E-state index in [9.17, 15) is 23.2 Å². The highest BCUT2D eigenvalue weighted by molar-refractivity contribution is 6.02. The quantitative estimate of drug-likeness (QED) is 0.365. The normalized spacial score (nSPS) is 19.6. The lowest BCUT2D eigenvalue weighted by molar-refractivity contribution is -0.134. The SMILES string of the molecule is COc1ccccc1CNC(=O)C[C@@H]1CC[C@@H]2[C@@H](COc3ccc(NC(=O)Nc4ccc(F)c(F)c4)cc3C(=O)N2C)O1. The molecule has 2 heterocycles. The van der Waals surface area contributed by atoms with Crippen LogP contribution in [-0.4, -0.2) is 61.8 Å². The first kappa shape index (κ1) is 29.8. The number of anilines is 2. The van der Waals surface area contributed by atoms with Gasteiger partial charge in [0.05, 0.1) is 31.2 Å². The third-order valence-electron chi connectivity index (χ3n) is 7.53. The van der Waals surface area contributed by atoms with Crippen molar-refractivity contribution < 1.29 is 37.4 Å². The number of rotatable bonds is 7. The lowest BCUT2D eigenvalue weighted by atomic mass is 9.94. The fourth-order valence-electron chi connectivity index (χ4n) is 5.29. The molecule has 10 nitrogen and oxygen atoms in total. The Morgan fingerprint density at radius 3 is 2.51 bits per heavy atom. The van der Waals surface area contributed by atoms with Gasteiger partial charge in [-0.2, -0.15) is 0 Å². The van der Waals surface area contributed by atoms with E-state index in [-0.39, 0.29) is 48.2 Å². The van der Waals surface area contributed by atoms with Crippen LogP contribution >= 0.6 is 0 Å². The Hall–Kier alpha value is -4.71. The van der Waals surface area contributed by atoms with Crippen LogP contribution in [0.5, 0.6) is 11.5 Å². The molecule has 1 fully saturated rings. The van der Waals surface area contributed by atoms with Gasteiger partial charge < -0.3 is 35.1 Å². The number of urea groups is 1. The number of carbonyl (C=O) groups is 3. The van der Waals surface area contributed by atoms with E-state index < -0.39 is 23.8 Å². The molecule has 0 spiro atoms. The van der Waals surface area contributed by atoms with Crippen LogP contribution in [0.2, 0.25) is 0 Å². The van der Waals surface area contributed by atoms with E-state index in [0.29, 0.717) is 36.6 Å². The molecular formula is C31H32F2N4O6. The molecule has 0 unspecified atom stereocenters. The highest BCUT2D eigenvalue weighted by atomic mass is 19.2. The van der Waals surface area contributed by atoms with Crippen molar-refractivity contribution >= 4 is 29.2 Å². The molecule has 2 aliphatic rings. The second kappa shape index (κ2) is 13.1. The number of benzene rings is 3. The first-order chi connectivity index (χ1) is 20.7. The molecule has 4 amide bonds. The van der Waals surface area contributed by atoms with Gasteiger partial charge in [0.1, 0.15) is 24.2 Å². The van der Waals surface area contributed by atoms with Gasteiger partial charge in [-0.1, -0.05) is 18.2 Å². The molecule has 0 aromatic heterocycles. The van der Waals surface area contributed by atoms with Crippen molar-refractivity contribution in [2.24, 2.45) is 0 Å². The number of likely N-dealkylation sites (N-methyl/N-ethyl adjacent to an activating group) is 1. The van der Waals surface area contributed by atoms with Gasteiger partial charge in [-0.25, -0.2) is 13.6 Å². The van der Waals surface area contributed by atoms with Crippen LogP contribution in [0.4, 0.5) is 25.0 Å². The number of ether oxygens (including phenoxy) is 3. The van der Waals surface area contributed by atoms with Gasteiger partial charge >= 0.3 is 6.03 Å². The third-order valence-corrected chi connectivity index (χ3v) is 7.53. The van der Waals surface area contributed by atoms with E-state index in [1.54, 1.807) is 31.2 Å². The number of halogens is 2. The maximum absolute atomic E-state index is 13.5. The number of hydrogen-bond donors (Lipinski definition) is 3. The van der Waals surface area contributed by atoms with E-state index in [2.05, 4.69) is 16.0 Å². The molecule has 0 bridgehead atoms. The number of para-hydroxylation sites is 1. The van der Waals surface area contributed by atoms with Gasteiger partial charge in [-0.15, -0.1) is 0 Å². The van der Waals surface area contributed by atoms with Gasteiger partial charge in [0.2, 0.25) is 5.91 Å². The van der Waals surface area contributed by atoms with E-state index in [0.717, 1.165) is 17.7 Å². The van der Waals surface area contributed by atoms with Crippen molar-refractivity contribution in [2.45, 2.75) is 44.1 Å². The molecule has 3 N–H and O–H groups in total. The van der Waals surface area contributed by atoms with Crippen molar-refractivity contribution in [1.29, 1.82) is 0 Å². The highest BCUT2D eigenvalue weighted by Crippen LogP contribution is 2.32. The zero-order valence-electron chi connectivity index (χ0n) is 23.7. The molecular weight excluding hydrogens is 562 g/mol. The van der Waals surface area contributed by atoms with Crippen LogP contribution in [0.1, 0.15) is 35.2 Å². The summed E-state index contributed by atoms with van der Waals surface area (Å²) >= 11 is 0. The minimum Gasteiger partial charge on any atom is -0.496 e. The van der Waals surface area contributed by atoms with E-state index in [1.807, 2.05) is 24.3 Å². The molecule has 3 atom stereocenters. The summed E-state index contributed by atoms with van der Waals surface area (Å²) in [6, 6.07) is 14.1. The largest absolute Gasteiger partial charge is 0.496 e. The third kappa shape index (κ3) is 7.03. The van der Waals surface area contributed by atoms with E-state index in [1.165, 1.54) is 12.1 Å². The smallest absolute Gasteiger partial charge is 0.323 e. The maximum atomic E-state index is 13.5. The van der Waals surface area contributed by atoms with Gasteiger partial charge in [0.25, 0.3) is 5.91 Å². The van der Waals surface area contributed by atoms with Crippen molar-refractivity contribution in [2.75, 3.05) is 31.4 Å². The minimum atomic E-state index is -1.09. The summed E-state index contributed by atoms with van der Waals surface area (Å²) in [5.41, 5.74) is 1.50. The van der Waals surface area contributed by atoms with Crippen LogP contribution in [0.3, 0.4) is 0 Å². The standard InChI is InChI=1S/C31H32F2N4O6/c1-37-25-11-9-21(15-29(38)34-16-18-5-3-4-6-26(18)41-2)43-28(25)17-42-27-12-8-19(13-22(27)30(37)39)35-31(40)36-20-7-10-23(32)24(33)14-20/h3-8,10,12-14,21,25,28H,9,11,15-17H2,1-2H3,(H,34,38)(H2,35,36,40)/t21-,25+,28+/m0/s1.